The van der Waals surface area contributed by atoms with Crippen molar-refractivity contribution in [3.05, 3.63) is 41.5 Å². The molecule has 8 nitrogen and oxygen atoms in total. The van der Waals surface area contributed by atoms with Gasteiger partial charge in [0.15, 0.2) is 6.61 Å². The van der Waals surface area contributed by atoms with Gasteiger partial charge in [0.2, 0.25) is 11.7 Å². The highest BCUT2D eigenvalue weighted by molar-refractivity contribution is 5.87. The van der Waals surface area contributed by atoms with Crippen LogP contribution in [0.3, 0.4) is 0 Å². The molecule has 20 heavy (non-hydrogen) atoms. The molecule has 0 bridgehead atoms. The second-order valence-electron chi connectivity index (χ2n) is 3.96. The number of amides is 2. The molecule has 0 aliphatic carbocycles. The Bertz CT molecular complexity index is 621. The van der Waals surface area contributed by atoms with Gasteiger partial charge >= 0.3 is 11.8 Å². The number of nitrogens with zero attached hydrogens (tertiary/aromatic N) is 2. The highest BCUT2D eigenvalue weighted by Crippen LogP contribution is 2.13. The number of nitrogens with two attached hydrogens (primary N) is 2. The van der Waals surface area contributed by atoms with Crippen molar-refractivity contribution in [3.63, 3.8) is 0 Å². The smallest absolute Gasteiger partial charge is 0.315 e. The van der Waals surface area contributed by atoms with Gasteiger partial charge in [0, 0.05) is 0 Å². The first-order valence-corrected chi connectivity index (χ1v) is 5.67. The molecule has 0 unspecified atom stereocenters. The maximum Gasteiger partial charge on any atom is 0.315 e. The largest absolute Gasteiger partial charge is 0.485 e. The molecule has 0 aliphatic heterocycles. The van der Waals surface area contributed by atoms with Gasteiger partial charge in [-0.1, -0.05) is 17.3 Å². The van der Waals surface area contributed by atoms with Crippen LogP contribution in [0.1, 0.15) is 22.1 Å². The number of benzene rings is 1. The predicted molar refractivity (Wildman–Crippen MR) is 66.5 cm³/mol. The Labute approximate surface area is 113 Å². The van der Waals surface area contributed by atoms with Gasteiger partial charge in [0.05, 0.1) is 6.42 Å². The van der Waals surface area contributed by atoms with Gasteiger partial charge in [-0.05, 0) is 17.7 Å². The molecule has 0 atom stereocenters. The molecule has 0 aliphatic rings. The Balaban J connectivity index is 1.93. The van der Waals surface area contributed by atoms with Crippen molar-refractivity contribution in [2.75, 3.05) is 0 Å². The summed E-state index contributed by atoms with van der Waals surface area (Å²) in [4.78, 5) is 25.3. The van der Waals surface area contributed by atoms with E-state index in [1.807, 2.05) is 0 Å². The molecule has 1 heterocycles. The van der Waals surface area contributed by atoms with Gasteiger partial charge in [0.1, 0.15) is 5.75 Å². The second kappa shape index (κ2) is 5.83. The molecular formula is C12H12N4O4. The van der Waals surface area contributed by atoms with Crippen LogP contribution in [0.2, 0.25) is 0 Å². The molecule has 2 amide bonds. The summed E-state index contributed by atoms with van der Waals surface area (Å²) in [5.41, 5.74) is 10.9. The zero-order chi connectivity index (χ0) is 14.5. The highest BCUT2D eigenvalue weighted by atomic mass is 16.5. The molecule has 0 saturated heterocycles. The van der Waals surface area contributed by atoms with Crippen LogP contribution in [-0.4, -0.2) is 22.0 Å². The quantitative estimate of drug-likeness (QED) is 0.748. The molecular weight excluding hydrogens is 264 g/mol. The molecule has 0 saturated carbocycles. The fourth-order valence-corrected chi connectivity index (χ4v) is 1.47. The third kappa shape index (κ3) is 3.55. The van der Waals surface area contributed by atoms with E-state index in [0.717, 1.165) is 5.56 Å². The molecule has 8 heteroatoms. The van der Waals surface area contributed by atoms with Gasteiger partial charge in [-0.25, -0.2) is 0 Å². The van der Waals surface area contributed by atoms with E-state index in [0.29, 0.717) is 5.75 Å². The first kappa shape index (κ1) is 13.5. The molecule has 2 rings (SSSR count). The number of ether oxygens (including phenoxy) is 1. The second-order valence-corrected chi connectivity index (χ2v) is 3.96. The summed E-state index contributed by atoms with van der Waals surface area (Å²) in [6.45, 7) is 0.0337. The van der Waals surface area contributed by atoms with E-state index in [1.54, 1.807) is 24.3 Å². The number of hydrogen-bond acceptors (Lipinski definition) is 6. The Morgan fingerprint density at radius 2 is 1.90 bits per heavy atom. The van der Waals surface area contributed by atoms with Crippen molar-refractivity contribution in [2.24, 2.45) is 11.5 Å². The minimum atomic E-state index is -0.792. The molecule has 104 valence electrons. The summed E-state index contributed by atoms with van der Waals surface area (Å²) in [5.74, 6) is -0.687. The van der Waals surface area contributed by atoms with Crippen LogP contribution < -0.4 is 16.2 Å². The van der Waals surface area contributed by atoms with Crippen LogP contribution in [0.25, 0.3) is 0 Å². The zero-order valence-corrected chi connectivity index (χ0v) is 10.4. The Kier molecular flexibility index (Phi) is 3.94. The van der Waals surface area contributed by atoms with Crippen LogP contribution in [0, 0.1) is 0 Å². The fraction of sp³-hybridized carbons (Fsp3) is 0.167. The van der Waals surface area contributed by atoms with Crippen molar-refractivity contribution in [1.82, 2.24) is 10.1 Å². The Morgan fingerprint density at radius 1 is 1.20 bits per heavy atom. The zero-order valence-electron chi connectivity index (χ0n) is 10.4. The molecule has 1 aromatic heterocycles. The normalized spacial score (nSPS) is 10.2. The molecule has 4 N–H and O–H groups in total. The van der Waals surface area contributed by atoms with Gasteiger partial charge in [-0.2, -0.15) is 4.98 Å². The lowest BCUT2D eigenvalue weighted by molar-refractivity contribution is -0.117. The average molecular weight is 276 g/mol. The lowest BCUT2D eigenvalue weighted by Gasteiger charge is -2.04. The minimum absolute atomic E-state index is 0.0337. The van der Waals surface area contributed by atoms with E-state index < -0.39 is 11.8 Å². The number of rotatable bonds is 6. The van der Waals surface area contributed by atoms with Crippen molar-refractivity contribution < 1.29 is 18.8 Å². The monoisotopic (exact) mass is 276 g/mol. The summed E-state index contributed by atoms with van der Waals surface area (Å²) in [6, 6.07) is 6.83. The van der Waals surface area contributed by atoms with Gasteiger partial charge in [-0.3, -0.25) is 9.59 Å². The van der Waals surface area contributed by atoms with Gasteiger partial charge < -0.3 is 20.7 Å². The number of carbonyl (C=O) groups is 2. The van der Waals surface area contributed by atoms with E-state index >= 15 is 0 Å². The van der Waals surface area contributed by atoms with Crippen LogP contribution in [-0.2, 0) is 17.8 Å². The number of hydrogen-bond donors (Lipinski definition) is 2. The molecule has 0 spiro atoms. The van der Waals surface area contributed by atoms with Crippen molar-refractivity contribution in [3.8, 4) is 5.75 Å². The van der Waals surface area contributed by atoms with E-state index in [-0.39, 0.29) is 24.7 Å². The predicted octanol–water partition coefficient (Wildman–Crippen LogP) is -0.225. The highest BCUT2D eigenvalue weighted by Gasteiger charge is 2.11. The molecule has 0 radical (unpaired) electrons. The lowest BCUT2D eigenvalue weighted by atomic mass is 10.1. The van der Waals surface area contributed by atoms with Crippen LogP contribution in [0.15, 0.2) is 28.8 Å². The fourth-order valence-electron chi connectivity index (χ4n) is 1.47. The maximum atomic E-state index is 10.8. The van der Waals surface area contributed by atoms with Crippen molar-refractivity contribution >= 4 is 11.8 Å². The summed E-state index contributed by atoms with van der Waals surface area (Å²) in [5, 5.41) is 3.54. The van der Waals surface area contributed by atoms with Crippen molar-refractivity contribution in [2.45, 2.75) is 13.0 Å². The van der Waals surface area contributed by atoms with Crippen LogP contribution >= 0.6 is 0 Å². The molecule has 0 fully saturated rings. The number of carbonyl (C=O) groups excluding carboxylic acids is 2. The van der Waals surface area contributed by atoms with Gasteiger partial charge in [-0.15, -0.1) is 0 Å². The Morgan fingerprint density at radius 3 is 2.45 bits per heavy atom. The standard InChI is InChI=1S/C12H12N4O4/c13-9(17)5-7-1-3-8(4-2-7)19-6-10-15-12(11(14)18)20-16-10/h1-4H,5-6H2,(H2,13,17)(H2,14,18). The topological polar surface area (TPSA) is 134 Å². The summed E-state index contributed by atoms with van der Waals surface area (Å²) in [7, 11) is 0. The van der Waals surface area contributed by atoms with E-state index in [2.05, 4.69) is 14.7 Å². The maximum absolute atomic E-state index is 10.8. The van der Waals surface area contributed by atoms with Crippen LogP contribution in [0.4, 0.5) is 0 Å². The number of primary amides is 2. The van der Waals surface area contributed by atoms with E-state index in [1.165, 1.54) is 0 Å². The lowest BCUT2D eigenvalue weighted by Crippen LogP contribution is -2.13. The van der Waals surface area contributed by atoms with Crippen molar-refractivity contribution in [1.29, 1.82) is 0 Å². The van der Waals surface area contributed by atoms with E-state index in [4.69, 9.17) is 16.2 Å². The number of aromatic nitrogens is 2. The first-order valence-electron chi connectivity index (χ1n) is 5.67. The SMILES string of the molecule is NC(=O)Cc1ccc(OCc2noc(C(N)=O)n2)cc1. The third-order valence-electron chi connectivity index (χ3n) is 2.35. The van der Waals surface area contributed by atoms with Crippen LogP contribution in [0.5, 0.6) is 5.75 Å². The summed E-state index contributed by atoms with van der Waals surface area (Å²) < 4.78 is 10.0. The summed E-state index contributed by atoms with van der Waals surface area (Å²) in [6.07, 6.45) is 0.174. The molecule has 2 aromatic rings. The average Bonchev–Trinajstić information content (AvgIpc) is 2.86. The Hall–Kier alpha value is -2.90. The van der Waals surface area contributed by atoms with E-state index in [9.17, 15) is 9.59 Å². The summed E-state index contributed by atoms with van der Waals surface area (Å²) >= 11 is 0. The minimum Gasteiger partial charge on any atom is -0.485 e. The van der Waals surface area contributed by atoms with Gasteiger partial charge in [0.25, 0.3) is 0 Å². The first-order chi connectivity index (χ1) is 9.54. The molecule has 1 aromatic carbocycles. The third-order valence-corrected chi connectivity index (χ3v) is 2.35.